The molecule has 0 aromatic carbocycles. The van der Waals surface area contributed by atoms with E-state index in [4.69, 9.17) is 5.73 Å². The van der Waals surface area contributed by atoms with Gasteiger partial charge in [-0.2, -0.15) is 0 Å². The lowest BCUT2D eigenvalue weighted by Gasteiger charge is -2.26. The van der Waals surface area contributed by atoms with Gasteiger partial charge in [0, 0.05) is 19.6 Å². The summed E-state index contributed by atoms with van der Waals surface area (Å²) in [4.78, 5) is 4.58. The molecular formula is C11H27N3. The van der Waals surface area contributed by atoms with Crippen molar-refractivity contribution in [3.63, 3.8) is 0 Å². The molecule has 0 aromatic rings. The third kappa shape index (κ3) is 6.35. The van der Waals surface area contributed by atoms with Crippen molar-refractivity contribution in [3.8, 4) is 0 Å². The van der Waals surface area contributed by atoms with Crippen LogP contribution in [0.5, 0.6) is 0 Å². The monoisotopic (exact) mass is 201 g/mol. The average Bonchev–Trinajstić information content (AvgIpc) is 2.10. The number of nitrogens with zero attached hydrogens (tertiary/aromatic N) is 2. The first-order valence-corrected chi connectivity index (χ1v) is 5.50. The fourth-order valence-corrected chi connectivity index (χ4v) is 1.42. The van der Waals surface area contributed by atoms with E-state index in [1.165, 1.54) is 0 Å². The van der Waals surface area contributed by atoms with E-state index in [1.54, 1.807) is 0 Å². The van der Waals surface area contributed by atoms with Crippen LogP contribution in [0.1, 0.15) is 13.8 Å². The Balaban J connectivity index is 3.73. The molecule has 0 rings (SSSR count). The third-order valence-corrected chi connectivity index (χ3v) is 2.72. The largest absolute Gasteiger partial charge is 0.330 e. The fraction of sp³-hybridized carbons (Fsp3) is 1.00. The summed E-state index contributed by atoms with van der Waals surface area (Å²) in [5.41, 5.74) is 5.74. The smallest absolute Gasteiger partial charge is 0.0106 e. The Kier molecular flexibility index (Phi) is 7.15. The summed E-state index contributed by atoms with van der Waals surface area (Å²) in [6, 6.07) is 0. The maximum absolute atomic E-state index is 5.74. The van der Waals surface area contributed by atoms with E-state index in [-0.39, 0.29) is 0 Å². The SMILES string of the molecule is CC(C)C(CN)CN(C)CCN(C)C. The quantitative estimate of drug-likeness (QED) is 0.658. The van der Waals surface area contributed by atoms with Gasteiger partial charge in [-0.05, 0) is 39.5 Å². The summed E-state index contributed by atoms with van der Waals surface area (Å²) in [5.74, 6) is 1.31. The van der Waals surface area contributed by atoms with Crippen LogP contribution in [-0.2, 0) is 0 Å². The van der Waals surface area contributed by atoms with Gasteiger partial charge in [-0.15, -0.1) is 0 Å². The lowest BCUT2D eigenvalue weighted by molar-refractivity contribution is 0.221. The summed E-state index contributed by atoms with van der Waals surface area (Å²) in [7, 11) is 6.39. The molecule has 0 spiro atoms. The molecule has 0 aliphatic heterocycles. The number of hydrogen-bond acceptors (Lipinski definition) is 3. The molecule has 0 aliphatic carbocycles. The van der Waals surface area contributed by atoms with Crippen LogP contribution in [0.2, 0.25) is 0 Å². The van der Waals surface area contributed by atoms with Gasteiger partial charge in [-0.25, -0.2) is 0 Å². The number of likely N-dealkylation sites (N-methyl/N-ethyl adjacent to an activating group) is 2. The van der Waals surface area contributed by atoms with Crippen molar-refractivity contribution in [1.82, 2.24) is 9.80 Å². The Morgan fingerprint density at radius 2 is 1.64 bits per heavy atom. The highest BCUT2D eigenvalue weighted by atomic mass is 15.1. The van der Waals surface area contributed by atoms with Crippen LogP contribution >= 0.6 is 0 Å². The maximum Gasteiger partial charge on any atom is 0.0106 e. The van der Waals surface area contributed by atoms with Crippen molar-refractivity contribution in [1.29, 1.82) is 0 Å². The zero-order valence-corrected chi connectivity index (χ0v) is 10.5. The van der Waals surface area contributed by atoms with E-state index in [0.29, 0.717) is 11.8 Å². The van der Waals surface area contributed by atoms with Gasteiger partial charge in [0.25, 0.3) is 0 Å². The minimum atomic E-state index is 0.627. The van der Waals surface area contributed by atoms with Crippen molar-refractivity contribution in [3.05, 3.63) is 0 Å². The Morgan fingerprint density at radius 3 is 2.00 bits per heavy atom. The van der Waals surface area contributed by atoms with E-state index in [1.807, 2.05) is 0 Å². The van der Waals surface area contributed by atoms with Crippen LogP contribution in [0, 0.1) is 11.8 Å². The Bertz CT molecular complexity index is 134. The predicted molar refractivity (Wildman–Crippen MR) is 63.4 cm³/mol. The Morgan fingerprint density at radius 1 is 1.07 bits per heavy atom. The summed E-state index contributed by atoms with van der Waals surface area (Å²) < 4.78 is 0. The van der Waals surface area contributed by atoms with E-state index in [0.717, 1.165) is 26.2 Å². The zero-order chi connectivity index (χ0) is 11.1. The van der Waals surface area contributed by atoms with Crippen LogP contribution in [0.25, 0.3) is 0 Å². The van der Waals surface area contributed by atoms with Gasteiger partial charge in [-0.3, -0.25) is 0 Å². The van der Waals surface area contributed by atoms with E-state index < -0.39 is 0 Å². The van der Waals surface area contributed by atoms with Gasteiger partial charge in [0.15, 0.2) is 0 Å². The second kappa shape index (κ2) is 7.21. The minimum absolute atomic E-state index is 0.627. The molecule has 14 heavy (non-hydrogen) atoms. The first kappa shape index (κ1) is 13.9. The fourth-order valence-electron chi connectivity index (χ4n) is 1.42. The van der Waals surface area contributed by atoms with Crippen molar-refractivity contribution in [2.24, 2.45) is 17.6 Å². The van der Waals surface area contributed by atoms with Crippen molar-refractivity contribution in [2.75, 3.05) is 47.3 Å². The molecule has 1 atom stereocenters. The lowest BCUT2D eigenvalue weighted by atomic mass is 9.95. The average molecular weight is 201 g/mol. The molecule has 0 aliphatic rings. The van der Waals surface area contributed by atoms with Crippen molar-refractivity contribution in [2.45, 2.75) is 13.8 Å². The Labute approximate surface area is 89.2 Å². The number of hydrogen-bond donors (Lipinski definition) is 1. The number of nitrogens with two attached hydrogens (primary N) is 1. The van der Waals surface area contributed by atoms with Gasteiger partial charge in [-0.1, -0.05) is 13.8 Å². The van der Waals surface area contributed by atoms with Gasteiger partial charge in [0.2, 0.25) is 0 Å². The second-order valence-corrected chi connectivity index (χ2v) is 4.81. The molecule has 0 saturated carbocycles. The van der Waals surface area contributed by atoms with Crippen LogP contribution in [0.15, 0.2) is 0 Å². The summed E-state index contributed by atoms with van der Waals surface area (Å²) >= 11 is 0. The molecule has 0 aromatic heterocycles. The maximum atomic E-state index is 5.74. The molecule has 3 nitrogen and oxygen atoms in total. The summed E-state index contributed by atoms with van der Waals surface area (Å²) in [6.45, 7) is 8.64. The van der Waals surface area contributed by atoms with Crippen LogP contribution in [0.3, 0.4) is 0 Å². The highest BCUT2D eigenvalue weighted by molar-refractivity contribution is 4.68. The van der Waals surface area contributed by atoms with Crippen molar-refractivity contribution < 1.29 is 0 Å². The van der Waals surface area contributed by atoms with Crippen LogP contribution in [-0.4, -0.2) is 57.1 Å². The summed E-state index contributed by atoms with van der Waals surface area (Å²) in [6.07, 6.45) is 0. The van der Waals surface area contributed by atoms with Gasteiger partial charge in [0.1, 0.15) is 0 Å². The normalized spacial score (nSPS) is 14.4. The predicted octanol–water partition coefficient (Wildman–Crippen LogP) is 0.711. The van der Waals surface area contributed by atoms with E-state index in [2.05, 4.69) is 44.8 Å². The molecule has 0 saturated heterocycles. The lowest BCUT2D eigenvalue weighted by Crippen LogP contribution is -2.36. The molecule has 1 unspecified atom stereocenters. The van der Waals surface area contributed by atoms with E-state index >= 15 is 0 Å². The van der Waals surface area contributed by atoms with Crippen molar-refractivity contribution >= 4 is 0 Å². The molecule has 2 N–H and O–H groups in total. The number of rotatable bonds is 7. The molecule has 0 heterocycles. The standard InChI is InChI=1S/C11H27N3/c1-10(2)11(8-12)9-14(5)7-6-13(3)4/h10-11H,6-9,12H2,1-5H3. The zero-order valence-electron chi connectivity index (χ0n) is 10.5. The first-order valence-electron chi connectivity index (χ1n) is 5.50. The molecule has 0 radical (unpaired) electrons. The minimum Gasteiger partial charge on any atom is -0.330 e. The molecular weight excluding hydrogens is 174 g/mol. The van der Waals surface area contributed by atoms with Crippen LogP contribution in [0.4, 0.5) is 0 Å². The first-order chi connectivity index (χ1) is 6.47. The molecule has 0 bridgehead atoms. The second-order valence-electron chi connectivity index (χ2n) is 4.81. The van der Waals surface area contributed by atoms with Gasteiger partial charge >= 0.3 is 0 Å². The van der Waals surface area contributed by atoms with E-state index in [9.17, 15) is 0 Å². The van der Waals surface area contributed by atoms with Gasteiger partial charge < -0.3 is 15.5 Å². The molecule has 0 amide bonds. The Hall–Kier alpha value is -0.120. The highest BCUT2D eigenvalue weighted by Gasteiger charge is 2.13. The topological polar surface area (TPSA) is 32.5 Å². The van der Waals surface area contributed by atoms with Gasteiger partial charge in [0.05, 0.1) is 0 Å². The highest BCUT2D eigenvalue weighted by Crippen LogP contribution is 2.09. The van der Waals surface area contributed by atoms with Crippen LogP contribution < -0.4 is 5.73 Å². The third-order valence-electron chi connectivity index (χ3n) is 2.72. The molecule has 86 valence electrons. The summed E-state index contributed by atoms with van der Waals surface area (Å²) in [5, 5.41) is 0. The molecule has 0 fully saturated rings. The molecule has 3 heteroatoms.